The molecular weight excluding hydrogens is 740 g/mol. The van der Waals surface area contributed by atoms with Crippen molar-refractivity contribution in [2.24, 2.45) is 9.98 Å². The third kappa shape index (κ3) is 6.13. The Labute approximate surface area is 293 Å². The standard InChI is InChI=1S/C38H14F12N4/c39-35(40,41)21-5-19(6-22(11-21)36(42,43)44)17-1-3-25-27-13-28-26-4-2-18(20-7-23(37(45,46)47)12-24(8-20)38(48,49)50)10-30(26)34(54-16-52)32(28)14-31(27)33(53-15-51)29(25)9-17/h1-14H/b53-33-,54-34+. The van der Waals surface area contributed by atoms with E-state index in [2.05, 4.69) is 9.98 Å². The van der Waals surface area contributed by atoms with E-state index >= 15 is 0 Å². The molecule has 0 aromatic heterocycles. The highest BCUT2D eigenvalue weighted by Gasteiger charge is 2.38. The molecule has 0 heterocycles. The number of halogens is 12. The summed E-state index contributed by atoms with van der Waals surface area (Å²) in [4.78, 5) is 7.77. The lowest BCUT2D eigenvalue weighted by atomic mass is 9.97. The van der Waals surface area contributed by atoms with E-state index in [1.807, 2.05) is 0 Å². The van der Waals surface area contributed by atoms with E-state index in [0.29, 0.717) is 45.8 Å². The molecule has 7 aromatic rings. The molecule has 0 aliphatic rings. The summed E-state index contributed by atoms with van der Waals surface area (Å²) in [5, 5.41) is 21.7. The summed E-state index contributed by atoms with van der Waals surface area (Å²) in [7, 11) is 0. The predicted octanol–water partition coefficient (Wildman–Crippen LogP) is 11.3. The molecule has 0 aliphatic heterocycles. The first-order chi connectivity index (χ1) is 25.2. The molecule has 0 spiro atoms. The van der Waals surface area contributed by atoms with Gasteiger partial charge < -0.3 is 0 Å². The van der Waals surface area contributed by atoms with Crippen molar-refractivity contribution in [1.82, 2.24) is 0 Å². The first kappa shape index (κ1) is 36.0. The van der Waals surface area contributed by atoms with E-state index in [4.69, 9.17) is 0 Å². The third-order valence-corrected chi connectivity index (χ3v) is 8.96. The van der Waals surface area contributed by atoms with Gasteiger partial charge in [0.1, 0.15) is 0 Å². The van der Waals surface area contributed by atoms with Crippen LogP contribution in [0.25, 0.3) is 65.3 Å². The Morgan fingerprint density at radius 3 is 0.926 bits per heavy atom. The molecule has 16 heteroatoms. The van der Waals surface area contributed by atoms with Crippen LogP contribution < -0.4 is 10.7 Å². The molecule has 54 heavy (non-hydrogen) atoms. The van der Waals surface area contributed by atoms with Crippen molar-refractivity contribution in [2.75, 3.05) is 0 Å². The van der Waals surface area contributed by atoms with Crippen LogP contribution in [0.4, 0.5) is 52.7 Å². The second-order valence-electron chi connectivity index (χ2n) is 12.2. The first-order valence-electron chi connectivity index (χ1n) is 15.2. The normalized spacial score (nSPS) is 13.7. The van der Waals surface area contributed by atoms with Crippen LogP contribution >= 0.6 is 0 Å². The van der Waals surface area contributed by atoms with E-state index in [9.17, 15) is 63.2 Å². The number of nitriles is 2. The molecule has 0 aliphatic carbocycles. The molecule has 7 rings (SSSR count). The Balaban J connectivity index is 1.48. The molecule has 7 aromatic carbocycles. The van der Waals surface area contributed by atoms with Crippen molar-refractivity contribution >= 4 is 43.1 Å². The molecule has 0 saturated carbocycles. The van der Waals surface area contributed by atoms with Gasteiger partial charge in [-0.1, -0.05) is 24.3 Å². The maximum absolute atomic E-state index is 13.6. The quantitative estimate of drug-likeness (QED) is 0.130. The van der Waals surface area contributed by atoms with Gasteiger partial charge in [0, 0.05) is 21.5 Å². The fourth-order valence-electron chi connectivity index (χ4n) is 6.62. The Morgan fingerprint density at radius 2 is 0.630 bits per heavy atom. The van der Waals surface area contributed by atoms with Crippen LogP contribution in [0.2, 0.25) is 0 Å². The van der Waals surface area contributed by atoms with Crippen molar-refractivity contribution in [1.29, 1.82) is 10.5 Å². The minimum Gasteiger partial charge on any atom is -0.172 e. The van der Waals surface area contributed by atoms with Gasteiger partial charge in [-0.15, -0.1) is 0 Å². The van der Waals surface area contributed by atoms with Crippen LogP contribution in [-0.2, 0) is 24.7 Å². The minimum absolute atomic E-state index is 0.00259. The maximum Gasteiger partial charge on any atom is 0.416 e. The van der Waals surface area contributed by atoms with Crippen LogP contribution in [0.1, 0.15) is 22.3 Å². The first-order valence-corrected chi connectivity index (χ1v) is 15.2. The summed E-state index contributed by atoms with van der Waals surface area (Å²) in [6.45, 7) is 0. The SMILES string of the molecule is N#C/N=c1/c2cc(-c3cc(C(F)(F)F)cc(C(F)(F)F)c3)ccc2c2cc3c(cc12)/c(=N/C#N)c1cc(-c2cc(C(F)(F)F)cc(C(F)(F)F)c2)ccc13. The van der Waals surface area contributed by atoms with Gasteiger partial charge in [-0.3, -0.25) is 0 Å². The summed E-state index contributed by atoms with van der Waals surface area (Å²) in [6.07, 6.45) is -17.1. The van der Waals surface area contributed by atoms with Crippen molar-refractivity contribution in [3.63, 3.8) is 0 Å². The van der Waals surface area contributed by atoms with E-state index < -0.39 is 58.1 Å². The van der Waals surface area contributed by atoms with Crippen LogP contribution in [-0.4, -0.2) is 0 Å². The highest BCUT2D eigenvalue weighted by molar-refractivity contribution is 6.22. The van der Waals surface area contributed by atoms with Gasteiger partial charge in [0.2, 0.25) is 12.4 Å². The van der Waals surface area contributed by atoms with Gasteiger partial charge in [-0.05, 0) is 104 Å². The van der Waals surface area contributed by atoms with Gasteiger partial charge in [0.15, 0.2) is 0 Å². The molecule has 0 fully saturated rings. The van der Waals surface area contributed by atoms with Gasteiger partial charge in [-0.25, -0.2) is 0 Å². The topological polar surface area (TPSA) is 72.3 Å². The monoisotopic (exact) mass is 754 g/mol. The van der Waals surface area contributed by atoms with Gasteiger partial charge in [-0.2, -0.15) is 73.2 Å². The Hall–Kier alpha value is -6.42. The number of rotatable bonds is 2. The zero-order valence-corrected chi connectivity index (χ0v) is 26.4. The molecule has 270 valence electrons. The molecule has 0 N–H and O–H groups in total. The number of benzene rings is 5. The molecule has 0 atom stereocenters. The Morgan fingerprint density at radius 1 is 0.333 bits per heavy atom. The summed E-state index contributed by atoms with van der Waals surface area (Å²) < 4.78 is 163. The fourth-order valence-corrected chi connectivity index (χ4v) is 6.62. The van der Waals surface area contributed by atoms with Crippen LogP contribution in [0.15, 0.2) is 94.9 Å². The average Bonchev–Trinajstić information content (AvgIpc) is 3.56. The summed E-state index contributed by atoms with van der Waals surface area (Å²) in [5.74, 6) is 0. The fraction of sp³-hybridized carbons (Fsp3) is 0.105. The van der Waals surface area contributed by atoms with E-state index in [0.717, 1.165) is 0 Å². The zero-order chi connectivity index (χ0) is 39.1. The largest absolute Gasteiger partial charge is 0.416 e. The smallest absolute Gasteiger partial charge is 0.172 e. The lowest BCUT2D eigenvalue weighted by molar-refractivity contribution is -0.144. The Bertz CT molecular complexity index is 2650. The van der Waals surface area contributed by atoms with E-state index in [1.165, 1.54) is 42.5 Å². The second kappa shape index (κ2) is 12.1. The lowest BCUT2D eigenvalue weighted by Crippen LogP contribution is -2.11. The number of hydrogen-bond acceptors (Lipinski definition) is 4. The maximum atomic E-state index is 13.6. The predicted molar refractivity (Wildman–Crippen MR) is 172 cm³/mol. The number of hydrogen-bond donors (Lipinski definition) is 0. The van der Waals surface area contributed by atoms with Gasteiger partial charge in [0.05, 0.1) is 33.0 Å². The Kier molecular flexibility index (Phi) is 8.03. The summed E-state index contributed by atoms with van der Waals surface area (Å²) >= 11 is 0. The molecular formula is C38H14F12N4. The molecule has 0 amide bonds. The van der Waals surface area contributed by atoms with Crippen molar-refractivity contribution in [3.05, 3.63) is 118 Å². The van der Waals surface area contributed by atoms with Gasteiger partial charge in [0.25, 0.3) is 0 Å². The van der Waals surface area contributed by atoms with Gasteiger partial charge >= 0.3 is 24.7 Å². The van der Waals surface area contributed by atoms with Crippen molar-refractivity contribution < 1.29 is 52.7 Å². The molecule has 0 unspecified atom stereocenters. The van der Waals surface area contributed by atoms with E-state index in [1.54, 1.807) is 18.5 Å². The molecule has 0 radical (unpaired) electrons. The van der Waals surface area contributed by atoms with Crippen molar-refractivity contribution in [3.8, 4) is 34.6 Å². The van der Waals surface area contributed by atoms with Crippen molar-refractivity contribution in [2.45, 2.75) is 24.7 Å². The third-order valence-electron chi connectivity index (χ3n) is 8.96. The molecule has 4 nitrogen and oxygen atoms in total. The number of fused-ring (bicyclic) bond motifs is 6. The zero-order valence-electron chi connectivity index (χ0n) is 26.4. The minimum atomic E-state index is -5.10. The second-order valence-corrected chi connectivity index (χ2v) is 12.2. The number of alkyl halides is 12. The number of nitrogens with zero attached hydrogens (tertiary/aromatic N) is 4. The molecule has 0 bridgehead atoms. The highest BCUT2D eigenvalue weighted by Crippen LogP contribution is 2.42. The molecule has 0 saturated heterocycles. The average molecular weight is 755 g/mol. The van der Waals surface area contributed by atoms with Crippen LogP contribution in [0, 0.1) is 22.9 Å². The lowest BCUT2D eigenvalue weighted by Gasteiger charge is -2.14. The van der Waals surface area contributed by atoms with Crippen LogP contribution in [0.5, 0.6) is 0 Å². The van der Waals surface area contributed by atoms with Crippen LogP contribution in [0.3, 0.4) is 0 Å². The summed E-state index contributed by atoms with van der Waals surface area (Å²) in [5.41, 5.74) is -7.04. The summed E-state index contributed by atoms with van der Waals surface area (Å²) in [6, 6.07) is 13.4. The highest BCUT2D eigenvalue weighted by atomic mass is 19.4. The van der Waals surface area contributed by atoms with E-state index in [-0.39, 0.29) is 55.5 Å².